The normalized spacial score (nSPS) is 15.1. The van der Waals surface area contributed by atoms with Crippen LogP contribution < -0.4 is 4.90 Å². The zero-order valence-electron chi connectivity index (χ0n) is 19.6. The van der Waals surface area contributed by atoms with E-state index in [0.29, 0.717) is 11.8 Å². The van der Waals surface area contributed by atoms with Crippen LogP contribution in [0.3, 0.4) is 0 Å². The Hall–Kier alpha value is -4.14. The molecule has 1 atom stereocenters. The summed E-state index contributed by atoms with van der Waals surface area (Å²) >= 11 is 0. The van der Waals surface area contributed by atoms with Gasteiger partial charge in [0.25, 0.3) is 0 Å². The van der Waals surface area contributed by atoms with Crippen molar-refractivity contribution in [3.05, 3.63) is 66.8 Å². The maximum absolute atomic E-state index is 5.08. The number of hydrogen-bond donors (Lipinski definition) is 0. The first-order chi connectivity index (χ1) is 16.6. The summed E-state index contributed by atoms with van der Waals surface area (Å²) in [6, 6.07) is 10.5. The van der Waals surface area contributed by atoms with Crippen LogP contribution in [0.15, 0.2) is 55.1 Å². The fourth-order valence-electron chi connectivity index (χ4n) is 4.91. The maximum atomic E-state index is 5.08. The second-order valence-electron chi connectivity index (χ2n) is 8.75. The van der Waals surface area contributed by atoms with Crippen molar-refractivity contribution in [2.24, 2.45) is 0 Å². The van der Waals surface area contributed by atoms with Crippen LogP contribution in [0, 0.1) is 6.92 Å². The summed E-state index contributed by atoms with van der Waals surface area (Å²) in [6.07, 6.45) is 8.21. The highest BCUT2D eigenvalue weighted by Gasteiger charge is 2.36. The third-order valence-corrected chi connectivity index (χ3v) is 6.39. The molecule has 5 aromatic rings. The minimum Gasteiger partial charge on any atom is -0.342 e. The first kappa shape index (κ1) is 20.5. The summed E-state index contributed by atoms with van der Waals surface area (Å²) in [7, 11) is 0. The van der Waals surface area contributed by atoms with Crippen LogP contribution in [0.25, 0.3) is 33.9 Å². The summed E-state index contributed by atoms with van der Waals surface area (Å²) in [6.45, 7) is 8.49. The van der Waals surface area contributed by atoms with E-state index < -0.39 is 0 Å². The molecule has 1 aromatic carbocycles. The van der Waals surface area contributed by atoms with E-state index in [4.69, 9.17) is 9.97 Å². The van der Waals surface area contributed by atoms with Crippen molar-refractivity contribution in [2.75, 3.05) is 4.90 Å². The quantitative estimate of drug-likeness (QED) is 0.399. The van der Waals surface area contributed by atoms with Crippen LogP contribution in [0.4, 0.5) is 5.82 Å². The molecule has 170 valence electrons. The predicted molar refractivity (Wildman–Crippen MR) is 130 cm³/mol. The van der Waals surface area contributed by atoms with Crippen LogP contribution in [0.1, 0.15) is 44.9 Å². The molecular weight excluding hydrogens is 426 g/mol. The lowest BCUT2D eigenvalue weighted by Crippen LogP contribution is -2.40. The average Bonchev–Trinajstić information content (AvgIpc) is 3.49. The number of benzene rings is 1. The van der Waals surface area contributed by atoms with Gasteiger partial charge in [0.15, 0.2) is 17.5 Å². The molecule has 9 heteroatoms. The molecule has 6 rings (SSSR count). The van der Waals surface area contributed by atoms with Gasteiger partial charge in [-0.15, -0.1) is 10.2 Å². The molecule has 5 heterocycles. The van der Waals surface area contributed by atoms with Crippen molar-refractivity contribution in [2.45, 2.75) is 46.2 Å². The van der Waals surface area contributed by atoms with Gasteiger partial charge >= 0.3 is 0 Å². The Kier molecular flexibility index (Phi) is 4.65. The minimum absolute atomic E-state index is 0.0819. The van der Waals surface area contributed by atoms with Gasteiger partial charge in [0.05, 0.1) is 12.2 Å². The number of anilines is 1. The Morgan fingerprint density at radius 1 is 1.00 bits per heavy atom. The second kappa shape index (κ2) is 7.72. The number of hydrogen-bond acceptors (Lipinski definition) is 7. The first-order valence-electron chi connectivity index (χ1n) is 11.5. The van der Waals surface area contributed by atoms with Crippen LogP contribution in [0.5, 0.6) is 0 Å². The van der Waals surface area contributed by atoms with Crippen LogP contribution in [0.2, 0.25) is 0 Å². The zero-order valence-corrected chi connectivity index (χ0v) is 19.6. The summed E-state index contributed by atoms with van der Waals surface area (Å²) in [5, 5.41) is 11.0. The molecule has 0 saturated carbocycles. The molecule has 0 bridgehead atoms. The van der Waals surface area contributed by atoms with Crippen molar-refractivity contribution in [3.8, 4) is 23.2 Å². The van der Waals surface area contributed by atoms with E-state index in [9.17, 15) is 0 Å². The molecule has 0 fully saturated rings. The summed E-state index contributed by atoms with van der Waals surface area (Å²) in [5.41, 5.74) is 1.69. The van der Waals surface area contributed by atoms with E-state index >= 15 is 0 Å². The van der Waals surface area contributed by atoms with Crippen molar-refractivity contribution in [1.29, 1.82) is 0 Å². The first-order valence-corrected chi connectivity index (χ1v) is 11.5. The van der Waals surface area contributed by atoms with Gasteiger partial charge in [-0.3, -0.25) is 14.1 Å². The van der Waals surface area contributed by atoms with Crippen LogP contribution >= 0.6 is 0 Å². The van der Waals surface area contributed by atoms with Crippen molar-refractivity contribution >= 4 is 16.6 Å². The molecule has 0 radical (unpaired) electrons. The summed E-state index contributed by atoms with van der Waals surface area (Å²) < 4.78 is 3.98. The number of fused-ring (bicyclic) bond motifs is 4. The van der Waals surface area contributed by atoms with Gasteiger partial charge < -0.3 is 4.90 Å². The van der Waals surface area contributed by atoms with Gasteiger partial charge in [-0.25, -0.2) is 9.97 Å². The average molecular weight is 452 g/mol. The topological polar surface area (TPSA) is 90.4 Å². The fourth-order valence-corrected chi connectivity index (χ4v) is 4.91. The second-order valence-corrected chi connectivity index (χ2v) is 8.75. The Labute approximate surface area is 197 Å². The Balaban J connectivity index is 1.55. The van der Waals surface area contributed by atoms with Crippen molar-refractivity contribution in [3.63, 3.8) is 0 Å². The Bertz CT molecular complexity index is 1510. The van der Waals surface area contributed by atoms with E-state index in [1.54, 1.807) is 6.20 Å². The molecule has 0 spiro atoms. The lowest BCUT2D eigenvalue weighted by Gasteiger charge is -2.39. The molecule has 0 saturated heterocycles. The largest absolute Gasteiger partial charge is 0.342 e. The number of imidazole rings is 1. The van der Waals surface area contributed by atoms with Gasteiger partial charge in [0.1, 0.15) is 17.2 Å². The lowest BCUT2D eigenvalue weighted by atomic mass is 10.1. The van der Waals surface area contributed by atoms with Gasteiger partial charge in [0.2, 0.25) is 5.95 Å². The van der Waals surface area contributed by atoms with Crippen molar-refractivity contribution in [1.82, 2.24) is 39.3 Å². The monoisotopic (exact) mass is 451 g/mol. The number of rotatable bonds is 4. The highest BCUT2D eigenvalue weighted by Crippen LogP contribution is 2.40. The molecule has 1 unspecified atom stereocenters. The molecule has 9 nitrogen and oxygen atoms in total. The SMILES string of the molecule is CCC1c2nnc(C)n2-c2cnc(-n3ccnc3-c3nccc4ccccc34)nc2N1C(C)C. The van der Waals surface area contributed by atoms with E-state index in [-0.39, 0.29) is 12.1 Å². The summed E-state index contributed by atoms with van der Waals surface area (Å²) in [5.74, 6) is 3.89. The number of nitrogens with zero attached hydrogens (tertiary/aromatic N) is 9. The van der Waals surface area contributed by atoms with Crippen LogP contribution in [-0.2, 0) is 0 Å². The minimum atomic E-state index is 0.0819. The number of pyridine rings is 1. The molecule has 34 heavy (non-hydrogen) atoms. The standard InChI is InChI=1S/C25H25N9/c1-5-19-23-31-30-16(4)34(23)20-14-28-25(29-22(20)33(19)15(2)3)32-13-12-27-24(32)21-18-9-7-6-8-17(18)10-11-26-21/h6-15,19H,5H2,1-4H3. The Morgan fingerprint density at radius 2 is 1.85 bits per heavy atom. The lowest BCUT2D eigenvalue weighted by molar-refractivity contribution is 0.496. The smallest absolute Gasteiger partial charge is 0.237 e. The van der Waals surface area contributed by atoms with E-state index in [2.05, 4.69) is 62.5 Å². The van der Waals surface area contributed by atoms with Crippen LogP contribution in [-0.4, -0.2) is 45.3 Å². The van der Waals surface area contributed by atoms with Gasteiger partial charge in [0, 0.05) is 30.0 Å². The Morgan fingerprint density at radius 3 is 2.68 bits per heavy atom. The molecule has 4 aromatic heterocycles. The molecule has 0 aliphatic carbocycles. The van der Waals surface area contributed by atoms with Crippen molar-refractivity contribution < 1.29 is 0 Å². The predicted octanol–water partition coefficient (Wildman–Crippen LogP) is 4.45. The highest BCUT2D eigenvalue weighted by molar-refractivity contribution is 5.93. The third kappa shape index (κ3) is 2.93. The van der Waals surface area contributed by atoms with E-state index in [1.165, 1.54) is 0 Å². The third-order valence-electron chi connectivity index (χ3n) is 6.39. The maximum Gasteiger partial charge on any atom is 0.237 e. The van der Waals surface area contributed by atoms with E-state index in [0.717, 1.165) is 46.0 Å². The van der Waals surface area contributed by atoms with Gasteiger partial charge in [-0.2, -0.15) is 4.98 Å². The highest BCUT2D eigenvalue weighted by atomic mass is 15.4. The molecule has 1 aliphatic rings. The molecule has 0 N–H and O–H groups in total. The fraction of sp³-hybridized carbons (Fsp3) is 0.280. The molecule has 0 amide bonds. The van der Waals surface area contributed by atoms with Gasteiger partial charge in [-0.05, 0) is 38.6 Å². The van der Waals surface area contributed by atoms with E-state index in [1.807, 2.05) is 48.3 Å². The molecule has 1 aliphatic heterocycles. The molecular formula is C25H25N9. The number of aromatic nitrogens is 8. The number of aryl methyl sites for hydroxylation is 1. The summed E-state index contributed by atoms with van der Waals surface area (Å²) in [4.78, 5) is 21.4. The van der Waals surface area contributed by atoms with Gasteiger partial charge in [-0.1, -0.05) is 31.2 Å². The zero-order chi connectivity index (χ0) is 23.4.